The highest BCUT2D eigenvalue weighted by Crippen LogP contribution is 2.14. The zero-order chi connectivity index (χ0) is 10.1. The summed E-state index contributed by atoms with van der Waals surface area (Å²) in [5.41, 5.74) is 2.93. The Balaban J connectivity index is 2.51. The van der Waals surface area contributed by atoms with Crippen molar-refractivity contribution in [3.63, 3.8) is 0 Å². The SMILES string of the molecule is CNC(C)c1nc2ncc(C)cc2[nH]1. The Morgan fingerprint density at radius 2 is 2.29 bits per heavy atom. The van der Waals surface area contributed by atoms with Crippen molar-refractivity contribution in [2.24, 2.45) is 0 Å². The molecule has 0 spiro atoms. The zero-order valence-electron chi connectivity index (χ0n) is 8.63. The van der Waals surface area contributed by atoms with Gasteiger partial charge < -0.3 is 10.3 Å². The van der Waals surface area contributed by atoms with Crippen LogP contribution < -0.4 is 5.32 Å². The molecule has 4 nitrogen and oxygen atoms in total. The van der Waals surface area contributed by atoms with Crippen molar-refractivity contribution in [3.05, 3.63) is 23.7 Å². The van der Waals surface area contributed by atoms with Crippen molar-refractivity contribution in [3.8, 4) is 0 Å². The van der Waals surface area contributed by atoms with Crippen LogP contribution in [0.3, 0.4) is 0 Å². The van der Waals surface area contributed by atoms with E-state index >= 15 is 0 Å². The van der Waals surface area contributed by atoms with Gasteiger partial charge in [0.05, 0.1) is 11.6 Å². The smallest absolute Gasteiger partial charge is 0.177 e. The third-order valence-corrected chi connectivity index (χ3v) is 2.34. The molecule has 1 atom stereocenters. The van der Waals surface area contributed by atoms with Gasteiger partial charge in [0.15, 0.2) is 5.65 Å². The Morgan fingerprint density at radius 1 is 1.50 bits per heavy atom. The fourth-order valence-electron chi connectivity index (χ4n) is 1.36. The maximum Gasteiger partial charge on any atom is 0.177 e. The minimum Gasteiger partial charge on any atom is -0.339 e. The fraction of sp³-hybridized carbons (Fsp3) is 0.400. The lowest BCUT2D eigenvalue weighted by Gasteiger charge is -2.04. The highest BCUT2D eigenvalue weighted by atomic mass is 15.0. The lowest BCUT2D eigenvalue weighted by molar-refractivity contribution is 0.620. The summed E-state index contributed by atoms with van der Waals surface area (Å²) in [6, 6.07) is 2.28. The molecule has 0 aromatic carbocycles. The average Bonchev–Trinajstić information content (AvgIpc) is 2.59. The molecule has 2 N–H and O–H groups in total. The summed E-state index contributed by atoms with van der Waals surface area (Å²) in [5, 5.41) is 3.14. The maximum absolute atomic E-state index is 4.40. The van der Waals surface area contributed by atoms with Crippen molar-refractivity contribution in [2.75, 3.05) is 7.05 Å². The van der Waals surface area contributed by atoms with Crippen LogP contribution in [0.5, 0.6) is 0 Å². The summed E-state index contributed by atoms with van der Waals surface area (Å²) in [4.78, 5) is 11.9. The van der Waals surface area contributed by atoms with E-state index in [-0.39, 0.29) is 6.04 Å². The first-order chi connectivity index (χ1) is 6.70. The van der Waals surface area contributed by atoms with E-state index in [1.165, 1.54) is 0 Å². The van der Waals surface area contributed by atoms with Crippen molar-refractivity contribution in [1.29, 1.82) is 0 Å². The molecule has 14 heavy (non-hydrogen) atoms. The van der Waals surface area contributed by atoms with E-state index in [0.717, 1.165) is 22.6 Å². The molecule has 0 fully saturated rings. The molecule has 2 aromatic rings. The molecule has 0 saturated heterocycles. The number of H-pyrrole nitrogens is 1. The van der Waals surface area contributed by atoms with E-state index in [4.69, 9.17) is 0 Å². The number of aromatic amines is 1. The standard InChI is InChI=1S/C10H14N4/c1-6-4-8-10(12-5-6)14-9(13-8)7(2)11-3/h4-5,7,11H,1-3H3,(H,12,13,14). The van der Waals surface area contributed by atoms with Crippen molar-refractivity contribution in [1.82, 2.24) is 20.3 Å². The van der Waals surface area contributed by atoms with Gasteiger partial charge in [-0.2, -0.15) is 0 Å². The molecule has 1 unspecified atom stereocenters. The predicted octanol–water partition coefficient (Wildman–Crippen LogP) is 1.55. The summed E-state index contributed by atoms with van der Waals surface area (Å²) in [6.07, 6.45) is 1.83. The Morgan fingerprint density at radius 3 is 3.00 bits per heavy atom. The summed E-state index contributed by atoms with van der Waals surface area (Å²) in [5.74, 6) is 0.931. The van der Waals surface area contributed by atoms with Gasteiger partial charge in [0.1, 0.15) is 5.82 Å². The highest BCUT2D eigenvalue weighted by Gasteiger charge is 2.08. The molecule has 0 aliphatic carbocycles. The summed E-state index contributed by atoms with van der Waals surface area (Å²) < 4.78 is 0. The number of pyridine rings is 1. The van der Waals surface area contributed by atoms with Crippen LogP contribution in [0.15, 0.2) is 12.3 Å². The van der Waals surface area contributed by atoms with Gasteiger partial charge in [0, 0.05) is 6.20 Å². The summed E-state index contributed by atoms with van der Waals surface area (Å²) >= 11 is 0. The third-order valence-electron chi connectivity index (χ3n) is 2.34. The molecule has 2 heterocycles. The number of aromatic nitrogens is 3. The Hall–Kier alpha value is -1.42. The monoisotopic (exact) mass is 190 g/mol. The molecule has 0 bridgehead atoms. The first-order valence-electron chi connectivity index (χ1n) is 4.70. The van der Waals surface area contributed by atoms with Crippen LogP contribution in [-0.4, -0.2) is 22.0 Å². The van der Waals surface area contributed by atoms with Gasteiger partial charge in [-0.25, -0.2) is 9.97 Å². The van der Waals surface area contributed by atoms with Crippen LogP contribution in [-0.2, 0) is 0 Å². The summed E-state index contributed by atoms with van der Waals surface area (Å²) in [6.45, 7) is 4.08. The average molecular weight is 190 g/mol. The van der Waals surface area contributed by atoms with E-state index in [1.54, 1.807) is 0 Å². The van der Waals surface area contributed by atoms with E-state index in [2.05, 4.69) is 33.3 Å². The van der Waals surface area contributed by atoms with Crippen molar-refractivity contribution in [2.45, 2.75) is 19.9 Å². The Bertz CT molecular complexity index is 446. The number of hydrogen-bond donors (Lipinski definition) is 2. The van der Waals surface area contributed by atoms with Gasteiger partial charge in [-0.3, -0.25) is 0 Å². The van der Waals surface area contributed by atoms with Crippen LogP contribution in [0.2, 0.25) is 0 Å². The number of aryl methyl sites for hydroxylation is 1. The molecular weight excluding hydrogens is 176 g/mol. The van der Waals surface area contributed by atoms with Crippen molar-refractivity contribution >= 4 is 11.2 Å². The zero-order valence-corrected chi connectivity index (χ0v) is 8.63. The molecule has 0 aliphatic heterocycles. The topological polar surface area (TPSA) is 53.6 Å². The van der Waals surface area contributed by atoms with Gasteiger partial charge in [0.25, 0.3) is 0 Å². The van der Waals surface area contributed by atoms with Crippen LogP contribution in [0.25, 0.3) is 11.2 Å². The molecule has 2 rings (SSSR count). The quantitative estimate of drug-likeness (QED) is 0.755. The van der Waals surface area contributed by atoms with Gasteiger partial charge in [-0.1, -0.05) is 0 Å². The second-order valence-corrected chi connectivity index (χ2v) is 3.52. The van der Waals surface area contributed by atoms with E-state index < -0.39 is 0 Å². The minimum atomic E-state index is 0.226. The lowest BCUT2D eigenvalue weighted by Crippen LogP contribution is -2.13. The normalized spacial score (nSPS) is 13.4. The molecule has 4 heteroatoms. The fourth-order valence-corrected chi connectivity index (χ4v) is 1.36. The number of nitrogens with one attached hydrogen (secondary N) is 2. The number of hydrogen-bond acceptors (Lipinski definition) is 3. The molecule has 74 valence electrons. The maximum atomic E-state index is 4.40. The first-order valence-corrected chi connectivity index (χ1v) is 4.70. The molecule has 0 aliphatic rings. The second kappa shape index (κ2) is 3.38. The van der Waals surface area contributed by atoms with E-state index in [1.807, 2.05) is 20.2 Å². The van der Waals surface area contributed by atoms with E-state index in [9.17, 15) is 0 Å². The lowest BCUT2D eigenvalue weighted by atomic mass is 10.3. The number of nitrogens with zero attached hydrogens (tertiary/aromatic N) is 2. The van der Waals surface area contributed by atoms with Gasteiger partial charge in [0.2, 0.25) is 0 Å². The van der Waals surface area contributed by atoms with Crippen LogP contribution in [0.4, 0.5) is 0 Å². The molecule has 0 amide bonds. The molecule has 0 saturated carbocycles. The van der Waals surface area contributed by atoms with Crippen molar-refractivity contribution < 1.29 is 0 Å². The number of fused-ring (bicyclic) bond motifs is 1. The Kier molecular flexibility index (Phi) is 2.21. The molecular formula is C10H14N4. The van der Waals surface area contributed by atoms with E-state index in [0.29, 0.717) is 0 Å². The third kappa shape index (κ3) is 1.48. The second-order valence-electron chi connectivity index (χ2n) is 3.52. The molecule has 0 radical (unpaired) electrons. The minimum absolute atomic E-state index is 0.226. The largest absolute Gasteiger partial charge is 0.339 e. The van der Waals surface area contributed by atoms with Gasteiger partial charge in [-0.05, 0) is 32.5 Å². The van der Waals surface area contributed by atoms with Crippen LogP contribution >= 0.6 is 0 Å². The first kappa shape index (κ1) is 9.15. The predicted molar refractivity (Wildman–Crippen MR) is 56.1 cm³/mol. The number of rotatable bonds is 2. The van der Waals surface area contributed by atoms with Gasteiger partial charge >= 0.3 is 0 Å². The van der Waals surface area contributed by atoms with Crippen LogP contribution in [0, 0.1) is 6.92 Å². The van der Waals surface area contributed by atoms with Gasteiger partial charge in [-0.15, -0.1) is 0 Å². The summed E-state index contributed by atoms with van der Waals surface area (Å²) in [7, 11) is 1.91. The molecule has 2 aromatic heterocycles. The Labute approximate surface area is 82.8 Å². The van der Waals surface area contributed by atoms with Crippen LogP contribution in [0.1, 0.15) is 24.4 Å². The highest BCUT2D eigenvalue weighted by molar-refractivity contribution is 5.71. The number of imidazole rings is 1.